The molecular weight excluding hydrogens is 442 g/mol. The maximum Gasteiger partial charge on any atom is 0.258 e. The molecule has 1 atom stereocenters. The third kappa shape index (κ3) is 3.68. The number of nitrogens with zero attached hydrogens (tertiary/aromatic N) is 2. The van der Waals surface area contributed by atoms with E-state index in [1.807, 2.05) is 95.3 Å². The highest BCUT2D eigenvalue weighted by atomic mass is 32.1. The summed E-state index contributed by atoms with van der Waals surface area (Å²) in [4.78, 5) is 17.7. The maximum atomic E-state index is 13.6. The number of nitrogens with one attached hydrogen (secondary N) is 1. The minimum absolute atomic E-state index is 0.132. The van der Waals surface area contributed by atoms with Gasteiger partial charge in [0.2, 0.25) is 0 Å². The van der Waals surface area contributed by atoms with Crippen LogP contribution in [-0.2, 0) is 0 Å². The second kappa shape index (κ2) is 8.65. The lowest BCUT2D eigenvalue weighted by atomic mass is 9.94. The van der Waals surface area contributed by atoms with E-state index in [1.165, 1.54) is 0 Å². The standard InChI is InChI=1S/C28H21N3O2S/c32-28-27(21(19-9-3-1-4-10-19)17-22(29-28)26-14-8-16-34-26)23-18-24(25-13-7-15-33-25)31(30-23)20-11-5-2-6-12-20/h1-17,24H,18H2,(H,29,32). The van der Waals surface area contributed by atoms with Gasteiger partial charge in [-0.15, -0.1) is 11.3 Å². The number of hydrazone groups is 1. The molecule has 6 heteroatoms. The number of hydrogen-bond acceptors (Lipinski definition) is 5. The summed E-state index contributed by atoms with van der Waals surface area (Å²) in [7, 11) is 0. The molecule has 34 heavy (non-hydrogen) atoms. The summed E-state index contributed by atoms with van der Waals surface area (Å²) in [5.41, 5.74) is 4.81. The van der Waals surface area contributed by atoms with Crippen molar-refractivity contribution in [2.45, 2.75) is 12.5 Å². The van der Waals surface area contributed by atoms with Crippen LogP contribution in [0.2, 0.25) is 0 Å². The quantitative estimate of drug-likeness (QED) is 0.315. The lowest BCUT2D eigenvalue weighted by Gasteiger charge is -2.21. The molecule has 0 saturated carbocycles. The Balaban J connectivity index is 1.53. The molecule has 5 aromatic rings. The molecule has 1 unspecified atom stereocenters. The van der Waals surface area contributed by atoms with Crippen molar-refractivity contribution in [1.29, 1.82) is 0 Å². The summed E-state index contributed by atoms with van der Waals surface area (Å²) in [5.74, 6) is 0.815. The molecule has 0 saturated heterocycles. The normalized spacial score (nSPS) is 15.5. The molecule has 5 nitrogen and oxygen atoms in total. The third-order valence-electron chi connectivity index (χ3n) is 6.00. The molecule has 2 aromatic carbocycles. The Morgan fingerprint density at radius 1 is 0.941 bits per heavy atom. The molecule has 4 heterocycles. The molecule has 0 amide bonds. The van der Waals surface area contributed by atoms with Crippen LogP contribution in [0.3, 0.4) is 0 Å². The summed E-state index contributed by atoms with van der Waals surface area (Å²) >= 11 is 1.60. The first-order valence-corrected chi connectivity index (χ1v) is 12.0. The molecule has 3 aromatic heterocycles. The van der Waals surface area contributed by atoms with E-state index in [0.717, 1.165) is 38.9 Å². The largest absolute Gasteiger partial charge is 0.467 e. The van der Waals surface area contributed by atoms with Crippen LogP contribution in [0.4, 0.5) is 5.69 Å². The molecule has 0 spiro atoms. The van der Waals surface area contributed by atoms with Crippen molar-refractivity contribution in [2.24, 2.45) is 5.10 Å². The Labute approximate surface area is 200 Å². The number of para-hydroxylation sites is 1. The van der Waals surface area contributed by atoms with E-state index in [9.17, 15) is 4.79 Å². The van der Waals surface area contributed by atoms with Crippen molar-refractivity contribution >= 4 is 22.7 Å². The van der Waals surface area contributed by atoms with Gasteiger partial charge >= 0.3 is 0 Å². The smallest absolute Gasteiger partial charge is 0.258 e. The van der Waals surface area contributed by atoms with Gasteiger partial charge in [-0.25, -0.2) is 0 Å². The van der Waals surface area contributed by atoms with Gasteiger partial charge in [-0.2, -0.15) is 5.10 Å². The van der Waals surface area contributed by atoms with Crippen molar-refractivity contribution in [3.8, 4) is 21.7 Å². The average Bonchev–Trinajstić information content (AvgIpc) is 3.66. The number of rotatable bonds is 5. The Morgan fingerprint density at radius 2 is 1.74 bits per heavy atom. The molecule has 0 radical (unpaired) electrons. The number of H-pyrrole nitrogens is 1. The van der Waals surface area contributed by atoms with E-state index >= 15 is 0 Å². The van der Waals surface area contributed by atoms with Crippen LogP contribution in [0, 0.1) is 0 Å². The Morgan fingerprint density at radius 3 is 2.44 bits per heavy atom. The Kier molecular flexibility index (Phi) is 5.20. The number of aromatic amines is 1. The van der Waals surface area contributed by atoms with Crippen LogP contribution in [0.25, 0.3) is 21.7 Å². The minimum atomic E-state index is -0.142. The highest BCUT2D eigenvalue weighted by Crippen LogP contribution is 2.38. The van der Waals surface area contributed by atoms with E-state index in [-0.39, 0.29) is 11.6 Å². The van der Waals surface area contributed by atoms with Crippen LogP contribution < -0.4 is 10.6 Å². The first-order valence-electron chi connectivity index (χ1n) is 11.1. The van der Waals surface area contributed by atoms with Crippen LogP contribution >= 0.6 is 11.3 Å². The van der Waals surface area contributed by atoms with Crippen molar-refractivity contribution in [3.05, 3.63) is 124 Å². The van der Waals surface area contributed by atoms with Crippen molar-refractivity contribution in [2.75, 3.05) is 5.01 Å². The second-order valence-corrected chi connectivity index (χ2v) is 9.05. The first kappa shape index (κ1) is 20.4. The van der Waals surface area contributed by atoms with Gasteiger partial charge in [0.1, 0.15) is 11.8 Å². The predicted molar refractivity (Wildman–Crippen MR) is 137 cm³/mol. The van der Waals surface area contributed by atoms with Gasteiger partial charge in [-0.3, -0.25) is 9.80 Å². The van der Waals surface area contributed by atoms with Crippen LogP contribution in [0.5, 0.6) is 0 Å². The monoisotopic (exact) mass is 463 g/mol. The van der Waals surface area contributed by atoms with Crippen LogP contribution in [0.1, 0.15) is 23.8 Å². The number of furan rings is 1. The molecule has 0 fully saturated rings. The van der Waals surface area contributed by atoms with Crippen LogP contribution in [0.15, 0.2) is 117 Å². The number of thiophene rings is 1. The molecule has 1 N–H and O–H groups in total. The zero-order chi connectivity index (χ0) is 22.9. The summed E-state index contributed by atoms with van der Waals surface area (Å²) < 4.78 is 5.77. The van der Waals surface area contributed by atoms with E-state index in [1.54, 1.807) is 17.6 Å². The third-order valence-corrected chi connectivity index (χ3v) is 6.90. The van der Waals surface area contributed by atoms with Gasteiger partial charge in [0.05, 0.1) is 33.8 Å². The number of pyridine rings is 1. The topological polar surface area (TPSA) is 61.6 Å². The number of anilines is 1. The van der Waals surface area contributed by atoms with Gasteiger partial charge in [0.15, 0.2) is 0 Å². The van der Waals surface area contributed by atoms with Gasteiger partial charge in [-0.05, 0) is 52.9 Å². The van der Waals surface area contributed by atoms with Gasteiger partial charge in [0, 0.05) is 6.42 Å². The second-order valence-electron chi connectivity index (χ2n) is 8.11. The van der Waals surface area contributed by atoms with E-state index in [4.69, 9.17) is 9.52 Å². The highest BCUT2D eigenvalue weighted by Gasteiger charge is 2.34. The van der Waals surface area contributed by atoms with E-state index in [0.29, 0.717) is 12.0 Å². The fourth-order valence-electron chi connectivity index (χ4n) is 4.44. The molecule has 166 valence electrons. The number of hydrogen-bond donors (Lipinski definition) is 1. The van der Waals surface area contributed by atoms with Crippen molar-refractivity contribution in [3.63, 3.8) is 0 Å². The van der Waals surface area contributed by atoms with Crippen molar-refractivity contribution in [1.82, 2.24) is 4.98 Å². The van der Waals surface area contributed by atoms with E-state index in [2.05, 4.69) is 11.1 Å². The molecule has 0 bridgehead atoms. The number of aromatic nitrogens is 1. The predicted octanol–water partition coefficient (Wildman–Crippen LogP) is 6.72. The minimum Gasteiger partial charge on any atom is -0.467 e. The Bertz CT molecular complexity index is 1490. The van der Waals surface area contributed by atoms with Crippen molar-refractivity contribution < 1.29 is 4.42 Å². The summed E-state index contributed by atoms with van der Waals surface area (Å²) in [6.45, 7) is 0. The molecule has 0 aliphatic carbocycles. The van der Waals surface area contributed by atoms with E-state index < -0.39 is 0 Å². The Hall–Kier alpha value is -4.16. The van der Waals surface area contributed by atoms with Crippen LogP contribution in [-0.4, -0.2) is 10.7 Å². The summed E-state index contributed by atoms with van der Waals surface area (Å²) in [6, 6.07) is 29.8. The average molecular weight is 464 g/mol. The lowest BCUT2D eigenvalue weighted by Crippen LogP contribution is -2.20. The van der Waals surface area contributed by atoms with Gasteiger partial charge in [0.25, 0.3) is 5.56 Å². The summed E-state index contributed by atoms with van der Waals surface area (Å²) in [5, 5.41) is 8.94. The first-order chi connectivity index (χ1) is 16.8. The zero-order valence-corrected chi connectivity index (χ0v) is 19.0. The number of benzene rings is 2. The van der Waals surface area contributed by atoms with Gasteiger partial charge < -0.3 is 9.40 Å². The summed E-state index contributed by atoms with van der Waals surface area (Å²) in [6.07, 6.45) is 2.23. The molecule has 6 rings (SSSR count). The lowest BCUT2D eigenvalue weighted by molar-refractivity contribution is 0.465. The fourth-order valence-corrected chi connectivity index (χ4v) is 5.14. The molecule has 1 aliphatic rings. The molecular formula is C28H21N3O2S. The highest BCUT2D eigenvalue weighted by molar-refractivity contribution is 7.13. The molecule has 1 aliphatic heterocycles. The van der Waals surface area contributed by atoms with Gasteiger partial charge in [-0.1, -0.05) is 54.6 Å². The maximum absolute atomic E-state index is 13.6. The zero-order valence-electron chi connectivity index (χ0n) is 18.2. The fraction of sp³-hybridized carbons (Fsp3) is 0.0714. The SMILES string of the molecule is O=c1[nH]c(-c2cccs2)cc(-c2ccccc2)c1C1=NN(c2ccccc2)C(c2ccco2)C1.